The van der Waals surface area contributed by atoms with Crippen LogP contribution in [0.15, 0.2) is 181 Å². The van der Waals surface area contributed by atoms with E-state index in [1.807, 2.05) is 125 Å². The molecule has 10 fully saturated rings. The highest BCUT2D eigenvalue weighted by Gasteiger charge is 2.61. The van der Waals surface area contributed by atoms with Crippen molar-refractivity contribution in [1.82, 2.24) is 0 Å². The van der Waals surface area contributed by atoms with Crippen molar-refractivity contribution in [2.24, 2.45) is 11.8 Å². The van der Waals surface area contributed by atoms with Gasteiger partial charge in [-0.1, -0.05) is 159 Å². The first kappa shape index (κ1) is 91.9. The predicted molar refractivity (Wildman–Crippen MR) is 466 cm³/mol. The zero-order chi connectivity index (χ0) is 85.2. The Balaban J connectivity index is 0.000000205. The minimum Gasteiger partial charge on any atom is -0.478 e. The van der Waals surface area contributed by atoms with Gasteiger partial charge in [-0.25, -0.2) is 9.59 Å². The van der Waals surface area contributed by atoms with E-state index in [0.29, 0.717) is 62.0 Å². The monoisotopic (exact) mass is 1650 g/mol. The molecular weight excluding hydrogens is 1510 g/mol. The molecule has 6 N–H and O–H groups in total. The molecule has 0 amide bonds. The van der Waals surface area contributed by atoms with Crippen LogP contribution < -0.4 is 0 Å². The maximum atomic E-state index is 12.7. The van der Waals surface area contributed by atoms with Crippen LogP contribution in [0.5, 0.6) is 0 Å². The Bertz CT molecular complexity index is 4290. The van der Waals surface area contributed by atoms with E-state index in [0.717, 1.165) is 135 Å². The highest BCUT2D eigenvalue weighted by atomic mass is 16.6. The highest BCUT2D eigenvalue weighted by molar-refractivity contribution is 5.96. The van der Waals surface area contributed by atoms with E-state index in [2.05, 4.69) is 92.9 Å². The van der Waals surface area contributed by atoms with Crippen molar-refractivity contribution in [2.75, 3.05) is 13.2 Å². The van der Waals surface area contributed by atoms with Gasteiger partial charge in [-0.2, -0.15) is 0 Å². The van der Waals surface area contributed by atoms with Crippen molar-refractivity contribution in [3.05, 3.63) is 192 Å². The van der Waals surface area contributed by atoms with E-state index < -0.39 is 64.0 Å². The SMILES string of the molecule is C=C/C=C\CCC1OC2CCC3(C)OC4C(O)CC5(C)OC(CC/C=C(C)/C(C)=C/CO)C(C)CC5OC4CC3OC2CCC1(C)O.C=C/C=C\CCC1OC2CCC3(C)OC4C(O)CC5(C)OC(CC/C=C(C)/C(C)=C/COC(=O)c6ccc7ccccc7c6)C(C)CC5OC4CC3OC2CCC1(C)O.O=C(O)c1ccc2ccccc2c1.[2HH]. The fourth-order valence-corrected chi connectivity index (χ4v) is 20.2. The summed E-state index contributed by atoms with van der Waals surface area (Å²) < 4.78 is 74.3. The molecule has 10 aliphatic heterocycles. The lowest BCUT2D eigenvalue weighted by molar-refractivity contribution is -0.273. The summed E-state index contributed by atoms with van der Waals surface area (Å²) in [6.07, 6.45) is 31.0. The number of fused-ring (bicyclic) bond motifs is 10. The fourth-order valence-electron chi connectivity index (χ4n) is 20.2. The van der Waals surface area contributed by atoms with E-state index in [1.165, 1.54) is 5.57 Å². The minimum atomic E-state index is -0.938. The maximum absolute atomic E-state index is 12.7. The molecular formula is C100H140O19. The van der Waals surface area contributed by atoms with Gasteiger partial charge in [0.25, 0.3) is 0 Å². The molecule has 10 saturated heterocycles. The Morgan fingerprint density at radius 2 is 0.857 bits per heavy atom. The van der Waals surface area contributed by atoms with Gasteiger partial charge in [-0.05, 0) is 254 Å². The number of carboxylic acid groups (broad SMARTS) is 1. The predicted octanol–water partition coefficient (Wildman–Crippen LogP) is 18.3. The summed E-state index contributed by atoms with van der Waals surface area (Å²) in [5, 5.41) is 68.4. The van der Waals surface area contributed by atoms with Gasteiger partial charge in [0.15, 0.2) is 0 Å². The number of carbonyl (C=O) groups is 2. The number of allylic oxidation sites excluding steroid dienone is 12. The number of rotatable bonds is 21. The smallest absolute Gasteiger partial charge is 0.338 e. The molecule has 0 spiro atoms. The Morgan fingerprint density at radius 1 is 0.471 bits per heavy atom. The summed E-state index contributed by atoms with van der Waals surface area (Å²) >= 11 is 0. The molecule has 10 heterocycles. The number of carbonyl (C=O) groups excluding carboxylic acids is 1. The molecule has 26 atom stereocenters. The molecule has 4 aromatic rings. The molecule has 4 aromatic carbocycles. The third-order valence-corrected chi connectivity index (χ3v) is 28.2. The number of benzene rings is 4. The van der Waals surface area contributed by atoms with E-state index in [9.17, 15) is 35.1 Å². The largest absolute Gasteiger partial charge is 0.478 e. The van der Waals surface area contributed by atoms with Gasteiger partial charge in [-0.15, -0.1) is 0 Å². The first-order valence-corrected chi connectivity index (χ1v) is 44.4. The van der Waals surface area contributed by atoms with Crippen LogP contribution in [-0.4, -0.2) is 199 Å². The molecule has 119 heavy (non-hydrogen) atoms. The summed E-state index contributed by atoms with van der Waals surface area (Å²) in [7, 11) is 0. The van der Waals surface area contributed by atoms with Crippen molar-refractivity contribution < 1.29 is 93.8 Å². The van der Waals surface area contributed by atoms with Crippen molar-refractivity contribution in [1.29, 1.82) is 0 Å². The number of carboxylic acids is 1. The molecule has 0 aliphatic carbocycles. The molecule has 0 radical (unpaired) electrons. The third kappa shape index (κ3) is 22.4. The van der Waals surface area contributed by atoms with Crippen LogP contribution in [0, 0.1) is 11.8 Å². The molecule has 19 heteroatoms. The van der Waals surface area contributed by atoms with Gasteiger partial charge >= 0.3 is 11.9 Å². The van der Waals surface area contributed by atoms with Crippen molar-refractivity contribution >= 4 is 33.5 Å². The Labute approximate surface area is 708 Å². The zero-order valence-electron chi connectivity index (χ0n) is 72.8. The zero-order valence-corrected chi connectivity index (χ0v) is 72.8. The standard InChI is InChI=1S/C50H68O9.C39H62O8.C11H8O2.H2/c1-8-9-10-11-19-43-48(5,53)25-22-40-41(55-43)23-26-49(6)45(56-40)30-42-46(59-49)38(51)31-50(7)44(57-42)28-34(4)39(58-50)18-14-15-32(2)33(3)24-27-54-47(52)37-21-20-35-16-12-13-17-36(35)29-37;1-8-9-10-11-15-33-37(5,42)19-16-30-31(43-33)17-20-38(6)35(44-30)23-32-36(47-38)28(41)24-39(7)34(45-32)22-27(4)29(46-39)14-12-13-25(2)26(3)18-21-40;12-11(13)10-6-5-8-3-1-2-4-9(8)7-10;/h8-10,12-13,15-17,20-21,24,29,34,38-46,51,53H,1,11,14,18-19,22-23,25-28,30-31H2,2-7H3;8-10,13,18,27-36,40-42H,1,11-12,14-17,19-24H2,2-7H3;1-7H,(H,12,13);1H/b10-9-,32-15+,33-24+;10-9-,25-13+,26-18+;;/i;;;1+1. The summed E-state index contributed by atoms with van der Waals surface area (Å²) in [5.41, 5.74) is 1.05. The normalized spacial score (nSPS) is 38.8. The second-order valence-corrected chi connectivity index (χ2v) is 37.4. The molecule has 0 aromatic heterocycles. The lowest BCUT2D eigenvalue weighted by Crippen LogP contribution is -2.59. The van der Waals surface area contributed by atoms with Crippen LogP contribution in [0.3, 0.4) is 0 Å². The summed E-state index contributed by atoms with van der Waals surface area (Å²) in [5.74, 6) is -0.637. The fraction of sp³-hybridized carbons (Fsp3) is 0.620. The molecule has 0 bridgehead atoms. The van der Waals surface area contributed by atoms with Gasteiger partial charge < -0.3 is 82.7 Å². The van der Waals surface area contributed by atoms with Crippen molar-refractivity contribution in [3.8, 4) is 0 Å². The average Bonchev–Trinajstić information content (AvgIpc) is 1.58. The van der Waals surface area contributed by atoms with Crippen LogP contribution in [0.1, 0.15) is 246 Å². The van der Waals surface area contributed by atoms with E-state index in [-0.39, 0.29) is 112 Å². The van der Waals surface area contributed by atoms with E-state index in [4.69, 9.17) is 57.2 Å². The molecule has 26 unspecified atom stereocenters. The van der Waals surface area contributed by atoms with Gasteiger partial charge in [0.05, 0.1) is 149 Å². The number of aliphatic hydroxyl groups excluding tert-OH is 3. The summed E-state index contributed by atoms with van der Waals surface area (Å²) in [6, 6.07) is 26.4. The number of aromatic carboxylic acids is 1. The molecule has 654 valence electrons. The van der Waals surface area contributed by atoms with Gasteiger partial charge in [-0.3, -0.25) is 0 Å². The number of aliphatic hydroxyl groups is 5. The second-order valence-electron chi connectivity index (χ2n) is 37.4. The number of esters is 1. The maximum Gasteiger partial charge on any atom is 0.338 e. The van der Waals surface area contributed by atoms with Crippen LogP contribution in [0.4, 0.5) is 0 Å². The number of hydrogen-bond acceptors (Lipinski definition) is 18. The Hall–Kier alpha value is -6.34. The van der Waals surface area contributed by atoms with Crippen LogP contribution in [-0.2, 0) is 52.1 Å². The number of hydrogen-bond donors (Lipinski definition) is 6. The third-order valence-electron chi connectivity index (χ3n) is 28.2. The first-order valence-electron chi connectivity index (χ1n) is 44.4. The van der Waals surface area contributed by atoms with Gasteiger partial charge in [0.1, 0.15) is 18.8 Å². The molecule has 19 nitrogen and oxygen atoms in total. The topological polar surface area (TPSA) is 257 Å². The Kier molecular flexibility index (Phi) is 31.0. The van der Waals surface area contributed by atoms with E-state index >= 15 is 0 Å². The number of ether oxygens (including phenoxy) is 11. The van der Waals surface area contributed by atoms with Crippen LogP contribution >= 0.6 is 0 Å². The summed E-state index contributed by atoms with van der Waals surface area (Å²) in [6.45, 7) is 32.7. The lowest BCUT2D eigenvalue weighted by atomic mass is 9.79. The summed E-state index contributed by atoms with van der Waals surface area (Å²) in [4.78, 5) is 23.4. The van der Waals surface area contributed by atoms with Gasteiger partial charge in [0, 0.05) is 27.1 Å². The van der Waals surface area contributed by atoms with Crippen molar-refractivity contribution in [2.45, 2.75) is 368 Å². The lowest BCUT2D eigenvalue weighted by Gasteiger charge is -2.49. The average molecular weight is 1650 g/mol. The second kappa shape index (κ2) is 40.1. The molecule has 10 aliphatic rings. The first-order chi connectivity index (χ1) is 56.7. The quantitative estimate of drug-likeness (QED) is 0.0335. The Morgan fingerprint density at radius 3 is 1.29 bits per heavy atom. The van der Waals surface area contributed by atoms with Crippen LogP contribution in [0.25, 0.3) is 21.5 Å². The minimum absolute atomic E-state index is 0. The highest BCUT2D eigenvalue weighted by Crippen LogP contribution is 2.52. The van der Waals surface area contributed by atoms with Gasteiger partial charge in [0.2, 0.25) is 0 Å². The van der Waals surface area contributed by atoms with Crippen molar-refractivity contribution in [3.63, 3.8) is 0 Å². The molecule has 14 rings (SSSR count). The molecule has 0 saturated carbocycles. The van der Waals surface area contributed by atoms with E-state index in [1.54, 1.807) is 24.3 Å². The van der Waals surface area contributed by atoms with Crippen LogP contribution in [0.2, 0.25) is 0 Å².